The number of ether oxygens (including phenoxy) is 1. The van der Waals surface area contributed by atoms with Crippen LogP contribution in [0.4, 0.5) is 0 Å². The van der Waals surface area contributed by atoms with Crippen LogP contribution in [-0.4, -0.2) is 18.1 Å². The Morgan fingerprint density at radius 1 is 1.43 bits per heavy atom. The van der Waals surface area contributed by atoms with E-state index in [1.165, 1.54) is 32.1 Å². The van der Waals surface area contributed by atoms with Gasteiger partial charge in [0.1, 0.15) is 0 Å². The zero-order chi connectivity index (χ0) is 9.86. The maximum absolute atomic E-state index is 5.88. The molecule has 2 fully saturated rings. The van der Waals surface area contributed by atoms with Crippen LogP contribution in [0.5, 0.6) is 0 Å². The summed E-state index contributed by atoms with van der Waals surface area (Å²) < 4.78 is 5.88. The zero-order valence-corrected chi connectivity index (χ0v) is 9.43. The first-order valence-corrected chi connectivity index (χ1v) is 6.25. The smallest absolute Gasteiger partial charge is 0.0688 e. The standard InChI is InChI=1S/C12H19ClO/c13-8-2-1-4-11-5-9-14-12(10-11)6-3-7-12/h1,4,11H,2-3,5-10H2. The minimum atomic E-state index is 0.286. The number of rotatable bonds is 3. The molecule has 2 heteroatoms. The average Bonchev–Trinajstić information content (AvgIpc) is 2.17. The Morgan fingerprint density at radius 3 is 2.93 bits per heavy atom. The van der Waals surface area contributed by atoms with Crippen molar-refractivity contribution >= 4 is 11.6 Å². The highest BCUT2D eigenvalue weighted by molar-refractivity contribution is 6.17. The van der Waals surface area contributed by atoms with Gasteiger partial charge in [-0.3, -0.25) is 0 Å². The number of hydrogen-bond donors (Lipinski definition) is 0. The van der Waals surface area contributed by atoms with E-state index >= 15 is 0 Å². The van der Waals surface area contributed by atoms with Crippen molar-refractivity contribution in [3.8, 4) is 0 Å². The van der Waals surface area contributed by atoms with Crippen LogP contribution in [0, 0.1) is 5.92 Å². The normalized spacial score (nSPS) is 30.8. The summed E-state index contributed by atoms with van der Waals surface area (Å²) in [5.74, 6) is 1.48. The van der Waals surface area contributed by atoms with Crippen molar-refractivity contribution in [1.82, 2.24) is 0 Å². The van der Waals surface area contributed by atoms with Crippen LogP contribution in [-0.2, 0) is 4.74 Å². The van der Waals surface area contributed by atoms with Crippen molar-refractivity contribution in [3.05, 3.63) is 12.2 Å². The topological polar surface area (TPSA) is 9.23 Å². The molecule has 80 valence electrons. The van der Waals surface area contributed by atoms with Gasteiger partial charge in [-0.1, -0.05) is 12.2 Å². The van der Waals surface area contributed by atoms with E-state index in [1.807, 2.05) is 0 Å². The van der Waals surface area contributed by atoms with E-state index in [0.717, 1.165) is 24.8 Å². The molecule has 1 spiro atoms. The molecular formula is C12H19ClO. The SMILES string of the molecule is ClCCC=CC1CCOC2(CCC2)C1. The third-order valence-corrected chi connectivity index (χ3v) is 3.70. The molecule has 1 saturated carbocycles. The third-order valence-electron chi connectivity index (χ3n) is 3.48. The van der Waals surface area contributed by atoms with Crippen LogP contribution >= 0.6 is 11.6 Å². The molecule has 2 aliphatic rings. The van der Waals surface area contributed by atoms with Crippen molar-refractivity contribution in [3.63, 3.8) is 0 Å². The lowest BCUT2D eigenvalue weighted by Crippen LogP contribution is -2.45. The summed E-state index contributed by atoms with van der Waals surface area (Å²) in [7, 11) is 0. The van der Waals surface area contributed by atoms with Gasteiger partial charge >= 0.3 is 0 Å². The van der Waals surface area contributed by atoms with E-state index in [9.17, 15) is 0 Å². The van der Waals surface area contributed by atoms with Gasteiger partial charge in [0.15, 0.2) is 0 Å². The molecule has 0 aromatic rings. The molecule has 0 bridgehead atoms. The van der Waals surface area contributed by atoms with Crippen LogP contribution in [0.25, 0.3) is 0 Å². The largest absolute Gasteiger partial charge is 0.375 e. The number of alkyl halides is 1. The van der Waals surface area contributed by atoms with Gasteiger partial charge in [0.2, 0.25) is 0 Å². The summed E-state index contributed by atoms with van der Waals surface area (Å²) in [5.41, 5.74) is 0.286. The van der Waals surface area contributed by atoms with E-state index < -0.39 is 0 Å². The predicted molar refractivity (Wildman–Crippen MR) is 59.7 cm³/mol. The molecule has 14 heavy (non-hydrogen) atoms. The Labute approximate surface area is 91.5 Å². The predicted octanol–water partition coefficient (Wildman–Crippen LogP) is 3.52. The van der Waals surface area contributed by atoms with Gasteiger partial charge < -0.3 is 4.74 Å². The monoisotopic (exact) mass is 214 g/mol. The number of hydrogen-bond acceptors (Lipinski definition) is 1. The molecule has 1 nitrogen and oxygen atoms in total. The second-order valence-corrected chi connectivity index (χ2v) is 4.92. The molecule has 0 amide bonds. The van der Waals surface area contributed by atoms with Crippen LogP contribution in [0.3, 0.4) is 0 Å². The highest BCUT2D eigenvalue weighted by Gasteiger charge is 2.41. The lowest BCUT2D eigenvalue weighted by molar-refractivity contribution is -0.137. The Bertz CT molecular complexity index is 208. The first kappa shape index (κ1) is 10.5. The fraction of sp³-hybridized carbons (Fsp3) is 0.833. The van der Waals surface area contributed by atoms with Gasteiger partial charge in [0, 0.05) is 12.5 Å². The zero-order valence-electron chi connectivity index (χ0n) is 8.68. The molecule has 1 aliphatic heterocycles. The molecule has 0 radical (unpaired) electrons. The minimum Gasteiger partial charge on any atom is -0.375 e. The summed E-state index contributed by atoms with van der Waals surface area (Å²) >= 11 is 5.64. The van der Waals surface area contributed by atoms with E-state index in [1.54, 1.807) is 0 Å². The molecule has 1 heterocycles. The van der Waals surface area contributed by atoms with Crippen LogP contribution in [0.15, 0.2) is 12.2 Å². The van der Waals surface area contributed by atoms with Gasteiger partial charge in [0.25, 0.3) is 0 Å². The minimum absolute atomic E-state index is 0.286. The average molecular weight is 215 g/mol. The molecule has 2 rings (SSSR count). The first-order valence-electron chi connectivity index (χ1n) is 5.71. The molecule has 1 unspecified atom stereocenters. The summed E-state index contributed by atoms with van der Waals surface area (Å²) in [6.07, 6.45) is 12.0. The fourth-order valence-electron chi connectivity index (χ4n) is 2.50. The van der Waals surface area contributed by atoms with Gasteiger partial charge in [-0.15, -0.1) is 11.6 Å². The molecule has 1 aliphatic carbocycles. The maximum atomic E-state index is 5.88. The Balaban J connectivity index is 1.81. The van der Waals surface area contributed by atoms with E-state index in [0.29, 0.717) is 0 Å². The summed E-state index contributed by atoms with van der Waals surface area (Å²) in [6, 6.07) is 0. The van der Waals surface area contributed by atoms with Crippen molar-refractivity contribution in [1.29, 1.82) is 0 Å². The fourth-order valence-corrected chi connectivity index (χ4v) is 2.63. The van der Waals surface area contributed by atoms with E-state index in [-0.39, 0.29) is 5.60 Å². The number of halogens is 1. The number of allylic oxidation sites excluding steroid dienone is 2. The van der Waals surface area contributed by atoms with Gasteiger partial charge in [-0.2, -0.15) is 0 Å². The summed E-state index contributed by atoms with van der Waals surface area (Å²) in [6.45, 7) is 0.954. The van der Waals surface area contributed by atoms with Crippen LogP contribution in [0.1, 0.15) is 38.5 Å². The highest BCUT2D eigenvalue weighted by atomic mass is 35.5. The maximum Gasteiger partial charge on any atom is 0.0688 e. The Hall–Kier alpha value is -0.0100. The second-order valence-electron chi connectivity index (χ2n) is 4.54. The molecular weight excluding hydrogens is 196 g/mol. The van der Waals surface area contributed by atoms with E-state index in [2.05, 4.69) is 12.2 Å². The molecule has 1 atom stereocenters. The van der Waals surface area contributed by atoms with Crippen molar-refractivity contribution in [2.75, 3.05) is 12.5 Å². The lowest BCUT2D eigenvalue weighted by Gasteiger charge is -2.46. The Morgan fingerprint density at radius 2 is 2.29 bits per heavy atom. The van der Waals surface area contributed by atoms with Gasteiger partial charge in [-0.05, 0) is 44.4 Å². The van der Waals surface area contributed by atoms with Crippen molar-refractivity contribution in [2.24, 2.45) is 5.92 Å². The van der Waals surface area contributed by atoms with Gasteiger partial charge in [0.05, 0.1) is 5.60 Å². The summed E-state index contributed by atoms with van der Waals surface area (Å²) in [5, 5.41) is 0. The van der Waals surface area contributed by atoms with Crippen molar-refractivity contribution in [2.45, 2.75) is 44.1 Å². The molecule has 0 aromatic carbocycles. The lowest BCUT2D eigenvalue weighted by atomic mass is 9.72. The Kier molecular flexibility index (Phi) is 3.51. The molecule has 0 aromatic heterocycles. The quantitative estimate of drug-likeness (QED) is 0.516. The van der Waals surface area contributed by atoms with Crippen molar-refractivity contribution < 1.29 is 4.74 Å². The third kappa shape index (κ3) is 2.32. The molecule has 1 saturated heterocycles. The van der Waals surface area contributed by atoms with Crippen LogP contribution < -0.4 is 0 Å². The first-order chi connectivity index (χ1) is 6.85. The highest BCUT2D eigenvalue weighted by Crippen LogP contribution is 2.44. The van der Waals surface area contributed by atoms with Gasteiger partial charge in [-0.25, -0.2) is 0 Å². The van der Waals surface area contributed by atoms with Crippen LogP contribution in [0.2, 0.25) is 0 Å². The second kappa shape index (κ2) is 4.67. The van der Waals surface area contributed by atoms with E-state index in [4.69, 9.17) is 16.3 Å². The summed E-state index contributed by atoms with van der Waals surface area (Å²) in [4.78, 5) is 0. The molecule has 0 N–H and O–H groups in total.